The quantitative estimate of drug-likeness (QED) is 0.0158. The van der Waals surface area contributed by atoms with Gasteiger partial charge in [0, 0.05) is 61.9 Å². The molecule has 0 saturated carbocycles. The van der Waals surface area contributed by atoms with Crippen LogP contribution in [-0.2, 0) is 47.9 Å². The van der Waals surface area contributed by atoms with Gasteiger partial charge < -0.3 is 62.3 Å². The van der Waals surface area contributed by atoms with E-state index in [0.717, 1.165) is 172 Å². The number of benzene rings is 8. The first-order valence-electron chi connectivity index (χ1n) is 40.7. The molecule has 0 aromatic heterocycles. The Hall–Kier alpha value is -9.97. The molecule has 8 aromatic rings. The smallest absolute Gasteiger partial charge is 0.338 e. The van der Waals surface area contributed by atoms with Crippen LogP contribution in [0, 0.1) is 5.92 Å². The van der Waals surface area contributed by atoms with Crippen molar-refractivity contribution in [3.05, 3.63) is 241 Å². The zero-order chi connectivity index (χ0) is 80.3. The van der Waals surface area contributed by atoms with E-state index < -0.39 is 11.9 Å². The Bertz CT molecular complexity index is 3860. The molecule has 2 N–H and O–H groups in total. The van der Waals surface area contributed by atoms with Crippen molar-refractivity contribution in [1.29, 1.82) is 0 Å². The van der Waals surface area contributed by atoms with E-state index in [1.807, 2.05) is 109 Å². The minimum Gasteiger partial charge on any atom is -0.494 e. The average molecular weight is 1540 g/mol. The third-order valence-electron chi connectivity index (χ3n) is 18.7. The number of aliphatic hydroxyl groups is 2. The van der Waals surface area contributed by atoms with E-state index in [0.29, 0.717) is 114 Å². The molecule has 0 spiro atoms. The molecule has 113 heavy (non-hydrogen) atoms. The molecular formula is C97H122O16. The maximum absolute atomic E-state index is 11.8. The van der Waals surface area contributed by atoms with Crippen molar-refractivity contribution in [2.24, 2.45) is 5.92 Å². The summed E-state index contributed by atoms with van der Waals surface area (Å²) < 4.78 is 63.5. The number of unbranched alkanes of at least 4 members (excludes halogenated alkanes) is 13. The largest absolute Gasteiger partial charge is 0.494 e. The van der Waals surface area contributed by atoms with Crippen LogP contribution in [0.2, 0.25) is 0 Å². The number of rotatable bonds is 56. The molecular weight excluding hydrogens is 1420 g/mol. The monoisotopic (exact) mass is 1540 g/mol. The molecule has 0 fully saturated rings. The predicted molar refractivity (Wildman–Crippen MR) is 452 cm³/mol. The fourth-order valence-electron chi connectivity index (χ4n) is 12.1. The van der Waals surface area contributed by atoms with Gasteiger partial charge in [0.1, 0.15) is 46.0 Å². The summed E-state index contributed by atoms with van der Waals surface area (Å²) in [6, 6.07) is 62.2. The van der Waals surface area contributed by atoms with Gasteiger partial charge in [-0.05, 0) is 245 Å². The van der Waals surface area contributed by atoms with Crippen molar-refractivity contribution in [3.8, 4) is 79.4 Å². The average Bonchev–Trinajstić information content (AvgIpc) is 0.771. The van der Waals surface area contributed by atoms with Crippen LogP contribution in [0.4, 0.5) is 0 Å². The molecule has 8 aromatic carbocycles. The molecule has 0 aliphatic rings. The number of aliphatic hydroxyl groups excluding tert-OH is 2. The van der Waals surface area contributed by atoms with Crippen molar-refractivity contribution in [2.75, 3.05) is 85.9 Å². The Morgan fingerprint density at radius 3 is 1.03 bits per heavy atom. The summed E-state index contributed by atoms with van der Waals surface area (Å²) >= 11 is 0. The minimum atomic E-state index is -0.430. The Labute approximate surface area is 672 Å². The Kier molecular flexibility index (Phi) is 43.0. The molecule has 0 aliphatic carbocycles. The summed E-state index contributed by atoms with van der Waals surface area (Å²) in [5.74, 6) is 4.85. The van der Waals surface area contributed by atoms with Crippen LogP contribution >= 0.6 is 0 Å². The van der Waals surface area contributed by atoms with Gasteiger partial charge in [-0.25, -0.2) is 14.4 Å². The second kappa shape index (κ2) is 53.9. The number of esters is 3. The Morgan fingerprint density at radius 2 is 0.628 bits per heavy atom. The fraction of sp³-hybridized carbons (Fsp3) is 0.412. The molecule has 0 heterocycles. The molecule has 16 heteroatoms. The summed E-state index contributed by atoms with van der Waals surface area (Å²) in [5, 5.41) is 17.9. The SMILES string of the molecule is C=C(C)C(=O)OCCCOc1ccc(-c2ccc(CCCCc3ccc(OCCCCCO)cc3)cc2CC)cc1.C=C(C)C(=O)Oc1ccc(-c2ccc(OCCCCCCCCOCC(COCCCCCCCCOc3ccc(-c4ccc(OC(=O)C(=C)C)cc4)cc3)COc3ccc(OCCCO)cc3)cc2)cc1. The zero-order valence-corrected chi connectivity index (χ0v) is 67.5. The van der Waals surface area contributed by atoms with Crippen LogP contribution in [0.1, 0.15) is 166 Å². The van der Waals surface area contributed by atoms with Crippen LogP contribution in [0.15, 0.2) is 225 Å². The molecule has 606 valence electrons. The zero-order valence-electron chi connectivity index (χ0n) is 67.5. The molecule has 0 amide bonds. The number of hydrogen-bond acceptors (Lipinski definition) is 16. The van der Waals surface area contributed by atoms with E-state index in [9.17, 15) is 14.4 Å². The standard InChI is InChI=1S/C61H76O11.C36H46O5/c1-47(2)60(63)71-58-30-22-52(23-31-58)50-18-26-54(27-19-50)67-41-15-11-7-5-9-13-39-65-44-49(46-70-57-36-34-56(35-37-57)69-43-17-38-62)45-66-40-14-10-6-8-12-16-42-68-55-28-20-51(21-29-55)53-24-32-59(33-25-53)72-61(64)48(3)4;1-4-31-27-30(12-7-6-11-29-13-18-33(19-14-29)39-24-9-5-8-23-37)15-22-35(31)32-16-20-34(21-17-32)40-25-10-26-41-36(38)28(2)3/h18-37,49,62H,1,3,5-17,38-46H2,2,4H3;13-22,27,37H,2,4-12,23-26H2,1,3H3. The second-order valence-electron chi connectivity index (χ2n) is 28.6. The van der Waals surface area contributed by atoms with Crippen LogP contribution in [0.3, 0.4) is 0 Å². The van der Waals surface area contributed by atoms with Crippen molar-refractivity contribution < 1.29 is 76.7 Å². The predicted octanol–water partition coefficient (Wildman–Crippen LogP) is 21.5. The van der Waals surface area contributed by atoms with Crippen molar-refractivity contribution in [1.82, 2.24) is 0 Å². The third kappa shape index (κ3) is 36.6. The third-order valence-corrected chi connectivity index (χ3v) is 18.7. The summed E-state index contributed by atoms with van der Waals surface area (Å²) in [6.07, 6.45) is 22.7. The molecule has 0 aliphatic heterocycles. The van der Waals surface area contributed by atoms with Crippen molar-refractivity contribution in [2.45, 2.75) is 169 Å². The van der Waals surface area contributed by atoms with Gasteiger partial charge in [-0.3, -0.25) is 0 Å². The normalized spacial score (nSPS) is 10.9. The van der Waals surface area contributed by atoms with E-state index in [2.05, 4.69) is 81.3 Å². The van der Waals surface area contributed by atoms with Crippen molar-refractivity contribution >= 4 is 17.9 Å². The second-order valence-corrected chi connectivity index (χ2v) is 28.6. The van der Waals surface area contributed by atoms with Gasteiger partial charge in [0.25, 0.3) is 0 Å². The van der Waals surface area contributed by atoms with Gasteiger partial charge in [0.15, 0.2) is 0 Å². The lowest BCUT2D eigenvalue weighted by Gasteiger charge is -2.18. The first kappa shape index (κ1) is 90.2. The summed E-state index contributed by atoms with van der Waals surface area (Å²) in [5.41, 5.74) is 11.9. The van der Waals surface area contributed by atoms with E-state index in [1.165, 1.54) is 40.7 Å². The molecule has 0 radical (unpaired) electrons. The number of carbonyl (C=O) groups is 3. The highest BCUT2D eigenvalue weighted by atomic mass is 16.5. The molecule has 16 nitrogen and oxygen atoms in total. The number of carbonyl (C=O) groups excluding carboxylic acids is 3. The van der Waals surface area contributed by atoms with E-state index in [4.69, 9.17) is 62.3 Å². The van der Waals surface area contributed by atoms with Crippen LogP contribution in [-0.4, -0.2) is 114 Å². The molecule has 0 atom stereocenters. The van der Waals surface area contributed by atoms with Gasteiger partial charge >= 0.3 is 17.9 Å². The fourth-order valence-corrected chi connectivity index (χ4v) is 12.1. The highest BCUT2D eigenvalue weighted by Gasteiger charge is 2.15. The summed E-state index contributed by atoms with van der Waals surface area (Å²) in [4.78, 5) is 35.0. The minimum absolute atomic E-state index is 0.105. The van der Waals surface area contributed by atoms with Crippen molar-refractivity contribution in [3.63, 3.8) is 0 Å². The number of ether oxygens (including phenoxy) is 11. The molecule has 0 saturated heterocycles. The highest BCUT2D eigenvalue weighted by molar-refractivity contribution is 5.89. The summed E-state index contributed by atoms with van der Waals surface area (Å²) in [7, 11) is 0. The van der Waals surface area contributed by atoms with Crippen LogP contribution < -0.4 is 37.9 Å². The maximum atomic E-state index is 11.8. The molecule has 0 unspecified atom stereocenters. The lowest BCUT2D eigenvalue weighted by atomic mass is 9.94. The van der Waals surface area contributed by atoms with Crippen LogP contribution in [0.5, 0.6) is 46.0 Å². The Morgan fingerprint density at radius 1 is 0.310 bits per heavy atom. The van der Waals surface area contributed by atoms with E-state index in [1.54, 1.807) is 45.0 Å². The lowest BCUT2D eigenvalue weighted by molar-refractivity contribution is -0.139. The van der Waals surface area contributed by atoms with E-state index in [-0.39, 0.29) is 25.1 Å². The maximum Gasteiger partial charge on any atom is 0.338 e. The van der Waals surface area contributed by atoms with E-state index >= 15 is 0 Å². The first-order valence-corrected chi connectivity index (χ1v) is 40.7. The highest BCUT2D eigenvalue weighted by Crippen LogP contribution is 2.31. The Balaban J connectivity index is 0.000000365. The van der Waals surface area contributed by atoms with Gasteiger partial charge in [-0.2, -0.15) is 0 Å². The molecule has 0 bridgehead atoms. The topological polar surface area (TPSA) is 193 Å². The molecule has 8 rings (SSSR count). The number of hydrogen-bond donors (Lipinski definition) is 2. The summed E-state index contributed by atoms with van der Waals surface area (Å²) in [6.45, 7) is 24.7. The number of aryl methyl sites for hydroxylation is 3. The lowest BCUT2D eigenvalue weighted by Crippen LogP contribution is -2.24. The van der Waals surface area contributed by atoms with Gasteiger partial charge in [0.05, 0.1) is 59.5 Å². The van der Waals surface area contributed by atoms with Crippen LogP contribution in [0.25, 0.3) is 33.4 Å². The van der Waals surface area contributed by atoms with Gasteiger partial charge in [-0.15, -0.1) is 0 Å². The van der Waals surface area contributed by atoms with Gasteiger partial charge in [-0.1, -0.05) is 169 Å². The first-order chi connectivity index (χ1) is 55.2. The van der Waals surface area contributed by atoms with Gasteiger partial charge in [0.2, 0.25) is 0 Å².